The second-order valence-electron chi connectivity index (χ2n) is 6.86. The van der Waals surface area contributed by atoms with Gasteiger partial charge in [0.05, 0.1) is 22.8 Å². The van der Waals surface area contributed by atoms with Crippen LogP contribution in [0.4, 0.5) is 5.69 Å². The van der Waals surface area contributed by atoms with Crippen LogP contribution in [0.3, 0.4) is 0 Å². The minimum Gasteiger partial charge on any atom is -0.504 e. The molecule has 8 heteroatoms. The van der Waals surface area contributed by atoms with Crippen LogP contribution in [-0.2, 0) is 11.2 Å². The summed E-state index contributed by atoms with van der Waals surface area (Å²) in [6.45, 7) is 8.21. The lowest BCUT2D eigenvalue weighted by Crippen LogP contribution is -2.28. The first-order valence-corrected chi connectivity index (χ1v) is 10.9. The van der Waals surface area contributed by atoms with E-state index < -0.39 is 5.97 Å². The molecular formula is C24H24N2O5S. The van der Waals surface area contributed by atoms with Crippen molar-refractivity contribution in [2.75, 3.05) is 13.2 Å². The van der Waals surface area contributed by atoms with Crippen molar-refractivity contribution in [3.8, 4) is 11.5 Å². The molecule has 1 amide bonds. The summed E-state index contributed by atoms with van der Waals surface area (Å²) in [4.78, 5) is 30.7. The number of ether oxygens (including phenoxy) is 1. The summed E-state index contributed by atoms with van der Waals surface area (Å²) in [5.41, 5.74) is 1.95. The molecule has 1 heterocycles. The van der Waals surface area contributed by atoms with Gasteiger partial charge in [-0.25, -0.2) is 9.79 Å². The first-order chi connectivity index (χ1) is 15.4. The standard InChI is InChI=1S/C24H24N2O5S/c1-4-8-16-11-15(12-19(21(16)27)31-6-3)13-20-22(28)26(5-2)24(32-20)25-18-10-7-9-17(14-18)23(29)30/h4,7,9-14,27H,1,5-6,8H2,2-3H3,(H,29,30). The van der Waals surface area contributed by atoms with E-state index in [9.17, 15) is 19.8 Å². The number of rotatable bonds is 8. The Morgan fingerprint density at radius 3 is 2.72 bits per heavy atom. The van der Waals surface area contributed by atoms with Gasteiger partial charge in [0.2, 0.25) is 0 Å². The average Bonchev–Trinajstić information content (AvgIpc) is 3.05. The van der Waals surface area contributed by atoms with Crippen LogP contribution < -0.4 is 4.74 Å². The van der Waals surface area contributed by atoms with Gasteiger partial charge in [-0.1, -0.05) is 12.1 Å². The maximum atomic E-state index is 13.0. The van der Waals surface area contributed by atoms with Crippen LogP contribution in [0.15, 0.2) is 59.0 Å². The molecule has 0 radical (unpaired) electrons. The van der Waals surface area contributed by atoms with Gasteiger partial charge in [0.1, 0.15) is 0 Å². The Labute approximate surface area is 190 Å². The predicted octanol–water partition coefficient (Wildman–Crippen LogP) is 4.84. The third-order valence-electron chi connectivity index (χ3n) is 4.66. The zero-order valence-electron chi connectivity index (χ0n) is 17.9. The van der Waals surface area contributed by atoms with Crippen molar-refractivity contribution < 1.29 is 24.5 Å². The molecule has 0 spiro atoms. The fraction of sp³-hybridized carbons (Fsp3) is 0.208. The lowest BCUT2D eigenvalue weighted by atomic mass is 10.1. The number of carboxylic acid groups (broad SMARTS) is 1. The van der Waals surface area contributed by atoms with Gasteiger partial charge in [0, 0.05) is 12.1 Å². The Morgan fingerprint density at radius 2 is 2.06 bits per heavy atom. The summed E-state index contributed by atoms with van der Waals surface area (Å²) in [5, 5.41) is 20.1. The Hall–Kier alpha value is -3.52. The third kappa shape index (κ3) is 5.03. The Kier molecular flexibility index (Phi) is 7.37. The van der Waals surface area contributed by atoms with Crippen molar-refractivity contribution in [3.05, 3.63) is 70.6 Å². The minimum atomic E-state index is -1.04. The molecule has 0 aliphatic carbocycles. The highest BCUT2D eigenvalue weighted by atomic mass is 32.2. The molecule has 2 aromatic rings. The molecule has 32 heavy (non-hydrogen) atoms. The van der Waals surface area contributed by atoms with Crippen LogP contribution in [0.1, 0.15) is 35.3 Å². The molecule has 1 saturated heterocycles. The first kappa shape index (κ1) is 23.1. The van der Waals surface area contributed by atoms with Gasteiger partial charge in [0.15, 0.2) is 16.7 Å². The second kappa shape index (κ2) is 10.2. The summed E-state index contributed by atoms with van der Waals surface area (Å²) in [7, 11) is 0. The number of phenolic OH excluding ortho intramolecular Hbond substituents is 1. The largest absolute Gasteiger partial charge is 0.504 e. The number of aromatic carboxylic acids is 1. The lowest BCUT2D eigenvalue weighted by Gasteiger charge is -2.12. The summed E-state index contributed by atoms with van der Waals surface area (Å²) >= 11 is 1.21. The predicted molar refractivity (Wildman–Crippen MR) is 127 cm³/mol. The molecule has 3 rings (SSSR count). The summed E-state index contributed by atoms with van der Waals surface area (Å²) in [6.07, 6.45) is 3.88. The average molecular weight is 453 g/mol. The number of carbonyl (C=O) groups is 2. The Morgan fingerprint density at radius 1 is 1.28 bits per heavy atom. The molecule has 2 aromatic carbocycles. The van der Waals surface area contributed by atoms with E-state index in [4.69, 9.17) is 4.74 Å². The van der Waals surface area contributed by atoms with Gasteiger partial charge in [0.25, 0.3) is 5.91 Å². The fourth-order valence-corrected chi connectivity index (χ4v) is 4.25. The van der Waals surface area contributed by atoms with E-state index in [1.165, 1.54) is 23.9 Å². The van der Waals surface area contributed by atoms with E-state index >= 15 is 0 Å². The maximum absolute atomic E-state index is 13.0. The highest BCUT2D eigenvalue weighted by Gasteiger charge is 2.32. The van der Waals surface area contributed by atoms with E-state index in [0.29, 0.717) is 52.2 Å². The van der Waals surface area contributed by atoms with Crippen LogP contribution in [0, 0.1) is 0 Å². The highest BCUT2D eigenvalue weighted by molar-refractivity contribution is 8.18. The quantitative estimate of drug-likeness (QED) is 0.439. The van der Waals surface area contributed by atoms with Crippen LogP contribution in [0.2, 0.25) is 0 Å². The first-order valence-electron chi connectivity index (χ1n) is 10.1. The normalized spacial score (nSPS) is 16.1. The molecule has 166 valence electrons. The number of likely N-dealkylation sites (N-methyl/N-ethyl adjacent to an activating group) is 1. The Bertz CT molecular complexity index is 1120. The number of hydrogen-bond donors (Lipinski definition) is 2. The number of thioether (sulfide) groups is 1. The van der Waals surface area contributed by atoms with E-state index in [-0.39, 0.29) is 17.2 Å². The smallest absolute Gasteiger partial charge is 0.335 e. The van der Waals surface area contributed by atoms with Gasteiger partial charge in [-0.2, -0.15) is 0 Å². The van der Waals surface area contributed by atoms with Crippen molar-refractivity contribution in [2.24, 2.45) is 4.99 Å². The van der Waals surface area contributed by atoms with Gasteiger partial charge >= 0.3 is 5.97 Å². The van der Waals surface area contributed by atoms with Crippen molar-refractivity contribution in [3.63, 3.8) is 0 Å². The number of nitrogens with zero attached hydrogens (tertiary/aromatic N) is 2. The SMILES string of the molecule is C=CCc1cc(C=C2SC(=Nc3cccc(C(=O)O)c3)N(CC)C2=O)cc(OCC)c1O. The zero-order valence-corrected chi connectivity index (χ0v) is 18.7. The molecule has 0 atom stereocenters. The number of allylic oxidation sites excluding steroid dienone is 1. The van der Waals surface area contributed by atoms with Crippen LogP contribution in [0.25, 0.3) is 6.08 Å². The summed E-state index contributed by atoms with van der Waals surface area (Å²) in [5.74, 6) is -0.819. The molecular weight excluding hydrogens is 428 g/mol. The molecule has 0 saturated carbocycles. The van der Waals surface area contributed by atoms with Crippen molar-refractivity contribution >= 4 is 40.6 Å². The van der Waals surface area contributed by atoms with Crippen molar-refractivity contribution in [1.29, 1.82) is 0 Å². The summed E-state index contributed by atoms with van der Waals surface area (Å²) in [6, 6.07) is 9.74. The van der Waals surface area contributed by atoms with E-state index in [1.807, 2.05) is 13.8 Å². The number of hydrogen-bond acceptors (Lipinski definition) is 6. The number of amidine groups is 1. The number of aromatic hydroxyl groups is 1. The maximum Gasteiger partial charge on any atom is 0.335 e. The number of phenols is 1. The summed E-state index contributed by atoms with van der Waals surface area (Å²) < 4.78 is 5.54. The number of amides is 1. The molecule has 0 unspecified atom stereocenters. The van der Waals surface area contributed by atoms with Crippen molar-refractivity contribution in [1.82, 2.24) is 4.90 Å². The highest BCUT2D eigenvalue weighted by Crippen LogP contribution is 2.37. The number of benzene rings is 2. The van der Waals surface area contributed by atoms with Gasteiger partial charge in [-0.3, -0.25) is 9.69 Å². The molecule has 1 aliphatic heterocycles. The molecule has 1 fully saturated rings. The monoisotopic (exact) mass is 452 g/mol. The van der Waals surface area contributed by atoms with Crippen LogP contribution in [-0.4, -0.2) is 45.3 Å². The van der Waals surface area contributed by atoms with Gasteiger partial charge < -0.3 is 14.9 Å². The van der Waals surface area contributed by atoms with Gasteiger partial charge in [-0.05, 0) is 74.0 Å². The number of carboxylic acids is 1. The number of carbonyl (C=O) groups excluding carboxylic acids is 1. The topological polar surface area (TPSA) is 99.4 Å². The van der Waals surface area contributed by atoms with Crippen LogP contribution >= 0.6 is 11.8 Å². The molecule has 0 aromatic heterocycles. The van der Waals surface area contributed by atoms with Crippen molar-refractivity contribution in [2.45, 2.75) is 20.3 Å². The minimum absolute atomic E-state index is 0.0649. The van der Waals surface area contributed by atoms with E-state index in [1.54, 1.807) is 41.3 Å². The Balaban J connectivity index is 1.99. The van der Waals surface area contributed by atoms with Crippen LogP contribution in [0.5, 0.6) is 11.5 Å². The second-order valence-corrected chi connectivity index (χ2v) is 7.87. The van der Waals surface area contributed by atoms with E-state index in [0.717, 1.165) is 0 Å². The lowest BCUT2D eigenvalue weighted by molar-refractivity contribution is -0.122. The number of aliphatic imine (C=N–C) groups is 1. The van der Waals surface area contributed by atoms with Gasteiger partial charge in [-0.15, -0.1) is 6.58 Å². The van der Waals surface area contributed by atoms with E-state index in [2.05, 4.69) is 11.6 Å². The molecule has 0 bridgehead atoms. The third-order valence-corrected chi connectivity index (χ3v) is 5.67. The molecule has 7 nitrogen and oxygen atoms in total. The zero-order chi connectivity index (χ0) is 23.3. The molecule has 2 N–H and O–H groups in total. The fourth-order valence-electron chi connectivity index (χ4n) is 3.19. The molecule has 1 aliphatic rings.